The molecule has 0 radical (unpaired) electrons. The lowest BCUT2D eigenvalue weighted by Crippen LogP contribution is -2.12. The Hall–Kier alpha value is -2.04. The Labute approximate surface area is 112 Å². The Morgan fingerprint density at radius 2 is 1.79 bits per heavy atom. The molecule has 0 saturated carbocycles. The molecule has 1 aromatic carbocycles. The summed E-state index contributed by atoms with van der Waals surface area (Å²) in [6.07, 6.45) is 1.65. The average Bonchev–Trinajstić information content (AvgIpc) is 2.44. The van der Waals surface area contributed by atoms with Gasteiger partial charge < -0.3 is 9.57 Å². The summed E-state index contributed by atoms with van der Waals surface area (Å²) in [5.41, 5.74) is 3.18. The van der Waals surface area contributed by atoms with Gasteiger partial charge in [0.15, 0.2) is 0 Å². The second-order valence-electron chi connectivity index (χ2n) is 4.09. The first-order valence-corrected chi connectivity index (χ1v) is 6.27. The predicted molar refractivity (Wildman–Crippen MR) is 71.9 cm³/mol. The highest BCUT2D eigenvalue weighted by Gasteiger charge is 2.07. The summed E-state index contributed by atoms with van der Waals surface area (Å²) in [6.45, 7) is 1.93. The summed E-state index contributed by atoms with van der Waals surface area (Å²) in [7, 11) is 1.58. The fraction of sp³-hybridized carbons (Fsp3) is 0.429. The maximum Gasteiger partial charge on any atom is 0.332 e. The van der Waals surface area contributed by atoms with Crippen LogP contribution in [0.4, 0.5) is 5.69 Å². The van der Waals surface area contributed by atoms with Gasteiger partial charge >= 0.3 is 5.97 Å². The smallest absolute Gasteiger partial charge is 0.332 e. The number of methoxy groups -OCH3 is 1. The summed E-state index contributed by atoms with van der Waals surface area (Å²) in [5.74, 6) is 0.367. The van der Waals surface area contributed by atoms with Crippen LogP contribution in [-0.2, 0) is 14.4 Å². The van der Waals surface area contributed by atoms with Crippen molar-refractivity contribution in [2.75, 3.05) is 12.6 Å². The normalized spacial score (nSPS) is 9.79. The zero-order chi connectivity index (χ0) is 14.1. The van der Waals surface area contributed by atoms with Crippen molar-refractivity contribution < 1.29 is 19.2 Å². The number of carbonyl (C=O) groups is 2. The SMILES string of the molecule is CCCC(=O)CCC(=O)ONc1ccc(OC)cc1. The minimum atomic E-state index is -0.444. The molecule has 5 heteroatoms. The highest BCUT2D eigenvalue weighted by atomic mass is 16.7. The lowest BCUT2D eigenvalue weighted by atomic mass is 10.1. The number of Topliss-reactive ketones (excluding diaryl/α,β-unsaturated/α-hetero) is 1. The Morgan fingerprint density at radius 1 is 1.11 bits per heavy atom. The molecule has 0 amide bonds. The van der Waals surface area contributed by atoms with Gasteiger partial charge in [-0.2, -0.15) is 0 Å². The van der Waals surface area contributed by atoms with Crippen LogP contribution < -0.4 is 10.2 Å². The van der Waals surface area contributed by atoms with Gasteiger partial charge in [0.05, 0.1) is 19.2 Å². The van der Waals surface area contributed by atoms with Gasteiger partial charge in [-0.15, -0.1) is 0 Å². The van der Waals surface area contributed by atoms with E-state index in [1.165, 1.54) is 0 Å². The number of hydrogen-bond acceptors (Lipinski definition) is 5. The third-order valence-electron chi connectivity index (χ3n) is 2.51. The molecule has 1 N–H and O–H groups in total. The van der Waals surface area contributed by atoms with Crippen LogP contribution >= 0.6 is 0 Å². The number of anilines is 1. The summed E-state index contributed by atoms with van der Waals surface area (Å²) >= 11 is 0. The van der Waals surface area contributed by atoms with Crippen LogP contribution in [0, 0.1) is 0 Å². The summed E-state index contributed by atoms with van der Waals surface area (Å²) in [5, 5.41) is 0. The highest BCUT2D eigenvalue weighted by molar-refractivity contribution is 5.83. The van der Waals surface area contributed by atoms with Crippen LogP contribution in [0.15, 0.2) is 24.3 Å². The van der Waals surface area contributed by atoms with Crippen LogP contribution in [0.25, 0.3) is 0 Å². The van der Waals surface area contributed by atoms with Crippen LogP contribution in [0.3, 0.4) is 0 Å². The lowest BCUT2D eigenvalue weighted by molar-refractivity contribution is -0.142. The first-order valence-electron chi connectivity index (χ1n) is 6.27. The molecule has 104 valence electrons. The molecule has 0 spiro atoms. The molecular formula is C14H19NO4. The van der Waals surface area contributed by atoms with E-state index < -0.39 is 5.97 Å². The number of ether oxygens (including phenoxy) is 1. The molecule has 1 rings (SSSR count). The number of rotatable bonds is 8. The summed E-state index contributed by atoms with van der Waals surface area (Å²) in [4.78, 5) is 27.5. The molecule has 0 aliphatic carbocycles. The van der Waals surface area contributed by atoms with Crippen molar-refractivity contribution in [3.8, 4) is 5.75 Å². The average molecular weight is 265 g/mol. The van der Waals surface area contributed by atoms with E-state index in [2.05, 4.69) is 5.48 Å². The maximum absolute atomic E-state index is 11.4. The number of benzene rings is 1. The van der Waals surface area contributed by atoms with Crippen LogP contribution in [0.2, 0.25) is 0 Å². The van der Waals surface area contributed by atoms with Gasteiger partial charge in [0.25, 0.3) is 0 Å². The molecule has 0 saturated heterocycles. The third-order valence-corrected chi connectivity index (χ3v) is 2.51. The van der Waals surface area contributed by atoms with Gasteiger partial charge in [-0.05, 0) is 30.7 Å². The fourth-order valence-electron chi connectivity index (χ4n) is 1.47. The first-order chi connectivity index (χ1) is 9.15. The molecule has 19 heavy (non-hydrogen) atoms. The van der Waals surface area contributed by atoms with E-state index in [9.17, 15) is 9.59 Å². The molecule has 0 aromatic heterocycles. The number of carbonyl (C=O) groups excluding carboxylic acids is 2. The van der Waals surface area contributed by atoms with Crippen LogP contribution in [0.5, 0.6) is 5.75 Å². The van der Waals surface area contributed by atoms with Crippen molar-refractivity contribution in [1.82, 2.24) is 0 Å². The monoisotopic (exact) mass is 265 g/mol. The van der Waals surface area contributed by atoms with Crippen molar-refractivity contribution in [1.29, 1.82) is 0 Å². The zero-order valence-electron chi connectivity index (χ0n) is 11.3. The highest BCUT2D eigenvalue weighted by Crippen LogP contribution is 2.15. The molecule has 1 aromatic rings. The molecular weight excluding hydrogens is 246 g/mol. The molecule has 0 aliphatic rings. The van der Waals surface area contributed by atoms with Crippen molar-refractivity contribution in [2.24, 2.45) is 0 Å². The quantitative estimate of drug-likeness (QED) is 0.732. The molecule has 0 fully saturated rings. The second kappa shape index (κ2) is 8.13. The second-order valence-corrected chi connectivity index (χ2v) is 4.09. The molecule has 0 unspecified atom stereocenters. The van der Waals surface area contributed by atoms with Gasteiger partial charge in [0.2, 0.25) is 0 Å². The van der Waals surface area contributed by atoms with E-state index >= 15 is 0 Å². The van der Waals surface area contributed by atoms with E-state index in [0.717, 1.165) is 12.2 Å². The minimum absolute atomic E-state index is 0.0869. The Bertz CT molecular complexity index is 414. The van der Waals surface area contributed by atoms with Crippen molar-refractivity contribution >= 4 is 17.4 Å². The number of hydrogen-bond donors (Lipinski definition) is 1. The minimum Gasteiger partial charge on any atom is -0.497 e. The molecule has 0 heterocycles. The van der Waals surface area contributed by atoms with Crippen LogP contribution in [0.1, 0.15) is 32.6 Å². The standard InChI is InChI=1S/C14H19NO4/c1-3-4-12(16)7-10-14(17)19-15-11-5-8-13(18-2)9-6-11/h5-6,8-9,15H,3-4,7,10H2,1-2H3. The van der Waals surface area contributed by atoms with Gasteiger partial charge in [0, 0.05) is 12.8 Å². The Balaban J connectivity index is 2.27. The van der Waals surface area contributed by atoms with E-state index in [1.807, 2.05) is 6.92 Å². The van der Waals surface area contributed by atoms with E-state index in [-0.39, 0.29) is 18.6 Å². The molecule has 5 nitrogen and oxygen atoms in total. The van der Waals surface area contributed by atoms with Gasteiger partial charge in [-0.3, -0.25) is 4.79 Å². The topological polar surface area (TPSA) is 64.6 Å². The zero-order valence-corrected chi connectivity index (χ0v) is 11.3. The third kappa shape index (κ3) is 5.90. The summed E-state index contributed by atoms with van der Waals surface area (Å²) < 4.78 is 5.01. The maximum atomic E-state index is 11.4. The van der Waals surface area contributed by atoms with Crippen molar-refractivity contribution in [3.63, 3.8) is 0 Å². The summed E-state index contributed by atoms with van der Waals surface area (Å²) in [6, 6.07) is 6.96. The van der Waals surface area contributed by atoms with Crippen LogP contribution in [-0.4, -0.2) is 18.9 Å². The number of ketones is 1. The Morgan fingerprint density at radius 3 is 2.37 bits per heavy atom. The van der Waals surface area contributed by atoms with Crippen molar-refractivity contribution in [2.45, 2.75) is 32.6 Å². The molecule has 0 bridgehead atoms. The molecule has 0 aliphatic heterocycles. The molecule has 0 atom stereocenters. The van der Waals surface area contributed by atoms with Gasteiger partial charge in [-0.25, -0.2) is 10.3 Å². The van der Waals surface area contributed by atoms with Gasteiger partial charge in [0.1, 0.15) is 11.5 Å². The fourth-order valence-corrected chi connectivity index (χ4v) is 1.47. The van der Waals surface area contributed by atoms with E-state index in [4.69, 9.17) is 9.57 Å². The van der Waals surface area contributed by atoms with E-state index in [1.54, 1.807) is 31.4 Å². The Kier molecular flexibility index (Phi) is 6.43. The number of nitrogens with one attached hydrogen (secondary N) is 1. The van der Waals surface area contributed by atoms with Crippen molar-refractivity contribution in [3.05, 3.63) is 24.3 Å². The largest absolute Gasteiger partial charge is 0.497 e. The van der Waals surface area contributed by atoms with E-state index in [0.29, 0.717) is 12.1 Å². The first kappa shape index (κ1) is 15.0. The predicted octanol–water partition coefficient (Wildman–Crippen LogP) is 2.71. The lowest BCUT2D eigenvalue weighted by Gasteiger charge is -2.07. The van der Waals surface area contributed by atoms with Gasteiger partial charge in [-0.1, -0.05) is 6.92 Å².